The van der Waals surface area contributed by atoms with Crippen LogP contribution in [0.15, 0.2) is 29.1 Å². The molecule has 0 amide bonds. The number of halogens is 1. The zero-order valence-electron chi connectivity index (χ0n) is 13.3. The highest BCUT2D eigenvalue weighted by atomic mass is 79.9. The van der Waals surface area contributed by atoms with E-state index in [1.165, 1.54) is 0 Å². The minimum Gasteiger partial charge on any atom is -0.394 e. The van der Waals surface area contributed by atoms with Crippen LogP contribution in [0.2, 0.25) is 0 Å². The zero-order valence-corrected chi connectivity index (χ0v) is 14.9. The minimum atomic E-state index is -0.457. The second-order valence-electron chi connectivity index (χ2n) is 6.09. The van der Waals surface area contributed by atoms with E-state index in [-0.39, 0.29) is 12.6 Å². The van der Waals surface area contributed by atoms with Gasteiger partial charge in [-0.15, -0.1) is 0 Å². The maximum Gasteiger partial charge on any atom is 0.135 e. The first-order chi connectivity index (χ1) is 11.1. The van der Waals surface area contributed by atoms with E-state index < -0.39 is 5.54 Å². The Labute approximate surface area is 144 Å². The molecule has 0 saturated carbocycles. The quantitative estimate of drug-likeness (QED) is 0.843. The summed E-state index contributed by atoms with van der Waals surface area (Å²) in [6, 6.07) is 2.21. The Morgan fingerprint density at radius 3 is 3.09 bits per heavy atom. The number of nitrogens with zero attached hydrogens (tertiary/aromatic N) is 3. The number of ether oxygens (including phenoxy) is 1. The number of aliphatic hydroxyl groups is 1. The van der Waals surface area contributed by atoms with Crippen LogP contribution in [-0.2, 0) is 4.74 Å². The molecule has 0 aromatic carbocycles. The minimum absolute atomic E-state index is 0.0214. The van der Waals surface area contributed by atoms with E-state index in [2.05, 4.69) is 43.0 Å². The summed E-state index contributed by atoms with van der Waals surface area (Å²) in [5.41, 5.74) is -0.457. The maximum absolute atomic E-state index is 9.96. The van der Waals surface area contributed by atoms with Crippen molar-refractivity contribution >= 4 is 32.5 Å². The molecule has 23 heavy (non-hydrogen) atoms. The van der Waals surface area contributed by atoms with E-state index in [9.17, 15) is 5.11 Å². The summed E-state index contributed by atoms with van der Waals surface area (Å²) in [6.45, 7) is 3.84. The highest BCUT2D eigenvalue weighted by molar-refractivity contribution is 9.10. The molecule has 6 nitrogen and oxygen atoms in total. The molecule has 3 heterocycles. The summed E-state index contributed by atoms with van der Waals surface area (Å²) >= 11 is 3.51. The number of aliphatic hydroxyl groups excluding tert-OH is 1. The fourth-order valence-corrected chi connectivity index (χ4v) is 3.40. The van der Waals surface area contributed by atoms with Crippen molar-refractivity contribution in [1.29, 1.82) is 0 Å². The van der Waals surface area contributed by atoms with Gasteiger partial charge in [-0.05, 0) is 36.0 Å². The van der Waals surface area contributed by atoms with Crippen molar-refractivity contribution in [2.24, 2.45) is 0 Å². The lowest BCUT2D eigenvalue weighted by molar-refractivity contribution is -0.101. The molecule has 1 saturated heterocycles. The first-order valence-corrected chi connectivity index (χ1v) is 8.40. The summed E-state index contributed by atoms with van der Waals surface area (Å²) < 4.78 is 6.61. The van der Waals surface area contributed by atoms with Crippen LogP contribution in [0.4, 0.5) is 5.82 Å². The van der Waals surface area contributed by atoms with Gasteiger partial charge in [0, 0.05) is 46.4 Å². The van der Waals surface area contributed by atoms with Crippen LogP contribution < -0.4 is 5.32 Å². The molecule has 2 atom stereocenters. The van der Waals surface area contributed by atoms with Crippen molar-refractivity contribution in [3.8, 4) is 0 Å². The van der Waals surface area contributed by atoms with Gasteiger partial charge in [-0.25, -0.2) is 4.98 Å². The Balaban J connectivity index is 1.86. The van der Waals surface area contributed by atoms with Crippen molar-refractivity contribution in [1.82, 2.24) is 14.9 Å². The van der Waals surface area contributed by atoms with Crippen LogP contribution in [0.1, 0.15) is 6.92 Å². The van der Waals surface area contributed by atoms with Gasteiger partial charge < -0.3 is 15.2 Å². The first kappa shape index (κ1) is 16.6. The van der Waals surface area contributed by atoms with Gasteiger partial charge >= 0.3 is 0 Å². The molecular weight excluding hydrogens is 360 g/mol. The van der Waals surface area contributed by atoms with Gasteiger partial charge in [0.25, 0.3) is 0 Å². The second kappa shape index (κ2) is 6.68. The molecule has 0 radical (unpaired) electrons. The number of aromatic nitrogens is 2. The molecule has 2 aromatic rings. The van der Waals surface area contributed by atoms with Crippen LogP contribution in [0.3, 0.4) is 0 Å². The molecule has 124 valence electrons. The fourth-order valence-electron chi connectivity index (χ4n) is 2.94. The summed E-state index contributed by atoms with van der Waals surface area (Å²) in [7, 11) is 2.03. The number of likely N-dealkylation sites (N-methyl/N-ethyl adjacent to an activating group) is 1. The molecule has 0 unspecified atom stereocenters. The summed E-state index contributed by atoms with van der Waals surface area (Å²) in [6.07, 6.45) is 5.33. The Bertz CT molecular complexity index is 699. The van der Waals surface area contributed by atoms with Crippen LogP contribution in [0.25, 0.3) is 10.8 Å². The number of pyridine rings is 2. The highest BCUT2D eigenvalue weighted by Crippen LogP contribution is 2.28. The third-order valence-electron chi connectivity index (χ3n) is 4.66. The van der Waals surface area contributed by atoms with Gasteiger partial charge in [0.1, 0.15) is 5.82 Å². The smallest absolute Gasteiger partial charge is 0.135 e. The Morgan fingerprint density at radius 1 is 1.48 bits per heavy atom. The number of morpholine rings is 1. The lowest BCUT2D eigenvalue weighted by atomic mass is 9.96. The van der Waals surface area contributed by atoms with Crippen molar-refractivity contribution < 1.29 is 9.84 Å². The van der Waals surface area contributed by atoms with Gasteiger partial charge in [0.05, 0.1) is 25.4 Å². The molecule has 7 heteroatoms. The molecule has 2 N–H and O–H groups in total. The molecule has 1 fully saturated rings. The predicted octanol–water partition coefficient (Wildman–Crippen LogP) is 1.89. The largest absolute Gasteiger partial charge is 0.394 e. The third-order valence-corrected chi connectivity index (χ3v) is 5.29. The van der Waals surface area contributed by atoms with E-state index in [4.69, 9.17) is 4.74 Å². The van der Waals surface area contributed by atoms with E-state index in [0.717, 1.165) is 21.1 Å². The highest BCUT2D eigenvalue weighted by Gasteiger charge is 2.40. The molecule has 0 aliphatic carbocycles. The second-order valence-corrected chi connectivity index (χ2v) is 6.94. The third kappa shape index (κ3) is 3.06. The van der Waals surface area contributed by atoms with Crippen LogP contribution in [0, 0.1) is 0 Å². The van der Waals surface area contributed by atoms with E-state index in [1.807, 2.05) is 13.1 Å². The lowest BCUT2D eigenvalue weighted by Crippen LogP contribution is -2.64. The Hall–Kier alpha value is -1.28. The summed E-state index contributed by atoms with van der Waals surface area (Å²) in [5.74, 6) is 0.760. The summed E-state index contributed by atoms with van der Waals surface area (Å²) in [5, 5.41) is 15.3. The molecule has 1 aliphatic rings. The van der Waals surface area contributed by atoms with Gasteiger partial charge in [-0.2, -0.15) is 0 Å². The number of nitrogens with one attached hydrogen (secondary N) is 1. The first-order valence-electron chi connectivity index (χ1n) is 7.61. The topological polar surface area (TPSA) is 70.5 Å². The summed E-state index contributed by atoms with van der Waals surface area (Å²) in [4.78, 5) is 10.8. The monoisotopic (exact) mass is 380 g/mol. The standard InChI is InChI=1S/C16H21BrN4O2/c1-11-7-23-10-16(9-22,21(11)2)8-20-15-13-5-18-6-14(17)12(13)3-4-19-15/h3-6,11,22H,7-10H2,1-2H3,(H,19,20)/t11-,16+/m1/s1. The average Bonchev–Trinajstić information content (AvgIpc) is 2.57. The van der Waals surface area contributed by atoms with Crippen LogP contribution in [-0.4, -0.2) is 65.0 Å². The van der Waals surface area contributed by atoms with Crippen LogP contribution in [0.5, 0.6) is 0 Å². The average molecular weight is 381 g/mol. The van der Waals surface area contributed by atoms with Gasteiger partial charge in [-0.3, -0.25) is 9.88 Å². The number of rotatable bonds is 4. The molecule has 1 aliphatic heterocycles. The van der Waals surface area contributed by atoms with E-state index in [1.54, 1.807) is 18.6 Å². The SMILES string of the molecule is C[C@@H]1COC[C@@](CO)(CNc2nccc3c(Br)cncc23)N1C. The van der Waals surface area contributed by atoms with Crippen molar-refractivity contribution in [3.63, 3.8) is 0 Å². The molecule has 0 bridgehead atoms. The van der Waals surface area contributed by atoms with Crippen LogP contribution >= 0.6 is 15.9 Å². The number of anilines is 1. The predicted molar refractivity (Wildman–Crippen MR) is 93.6 cm³/mol. The van der Waals surface area contributed by atoms with Gasteiger partial charge in [-0.1, -0.05) is 0 Å². The molecule has 0 spiro atoms. The zero-order chi connectivity index (χ0) is 16.4. The normalized spacial score (nSPS) is 25.7. The van der Waals surface area contributed by atoms with Gasteiger partial charge in [0.15, 0.2) is 0 Å². The molecular formula is C16H21BrN4O2. The fraction of sp³-hybridized carbons (Fsp3) is 0.500. The van der Waals surface area contributed by atoms with Crippen molar-refractivity contribution in [2.45, 2.75) is 18.5 Å². The Morgan fingerprint density at radius 2 is 2.30 bits per heavy atom. The number of hydrogen-bond donors (Lipinski definition) is 2. The maximum atomic E-state index is 9.96. The molecule has 3 rings (SSSR count). The van der Waals surface area contributed by atoms with Crippen molar-refractivity contribution in [3.05, 3.63) is 29.1 Å². The van der Waals surface area contributed by atoms with E-state index >= 15 is 0 Å². The van der Waals surface area contributed by atoms with E-state index in [0.29, 0.717) is 19.8 Å². The lowest BCUT2D eigenvalue weighted by Gasteiger charge is -2.47. The van der Waals surface area contributed by atoms with Gasteiger partial charge in [0.2, 0.25) is 0 Å². The number of hydrogen-bond acceptors (Lipinski definition) is 6. The van der Waals surface area contributed by atoms with Crippen molar-refractivity contribution in [2.75, 3.05) is 38.7 Å². The Kier molecular flexibility index (Phi) is 4.82. The molecule has 2 aromatic heterocycles. The number of fused-ring (bicyclic) bond motifs is 1.